The monoisotopic (exact) mass is 898 g/mol. The van der Waals surface area contributed by atoms with E-state index >= 15 is 0 Å². The Balaban J connectivity index is 1.17. The van der Waals surface area contributed by atoms with Crippen LogP contribution in [0.4, 0.5) is 11.4 Å². The van der Waals surface area contributed by atoms with Gasteiger partial charge in [0.2, 0.25) is 0 Å². The van der Waals surface area contributed by atoms with Gasteiger partial charge in [-0.2, -0.15) is 0 Å². The van der Waals surface area contributed by atoms with Gasteiger partial charge in [-0.15, -0.1) is 11.3 Å². The van der Waals surface area contributed by atoms with E-state index in [1.165, 1.54) is 127 Å². The summed E-state index contributed by atoms with van der Waals surface area (Å²) in [6, 6.07) is 51.1. The highest BCUT2D eigenvalue weighted by Gasteiger charge is 2.41. The molecule has 3 aromatic heterocycles. The second kappa shape index (κ2) is 13.4. The topological polar surface area (TPSA) is 30.1 Å². The maximum Gasteiger partial charge on any atom is 0.198 e. The van der Waals surface area contributed by atoms with E-state index in [-0.39, 0.29) is 21.7 Å². The fraction of sp³-hybridized carbons (Fsp3) is 0.238. The molecule has 5 heteroatoms. The molecule has 0 saturated carbocycles. The Morgan fingerprint density at radius 1 is 0.603 bits per heavy atom. The van der Waals surface area contributed by atoms with Crippen LogP contribution in [0.1, 0.15) is 103 Å². The van der Waals surface area contributed by atoms with Crippen molar-refractivity contribution in [1.29, 1.82) is 0 Å². The smallest absolute Gasteiger partial charge is 0.198 e. The zero-order chi connectivity index (χ0) is 46.4. The van der Waals surface area contributed by atoms with Crippen molar-refractivity contribution in [2.24, 2.45) is 0 Å². The van der Waals surface area contributed by atoms with Crippen LogP contribution in [0.5, 0.6) is 0 Å². The highest BCUT2D eigenvalue weighted by molar-refractivity contribution is 7.26. The van der Waals surface area contributed by atoms with Crippen molar-refractivity contribution in [3.8, 4) is 27.9 Å². The molecular weight excluding hydrogens is 844 g/mol. The molecule has 11 aromatic rings. The molecule has 0 unspecified atom stereocenters. The Bertz CT molecular complexity index is 4030. The van der Waals surface area contributed by atoms with Crippen molar-refractivity contribution in [1.82, 2.24) is 4.57 Å². The molecule has 4 heterocycles. The number of hydrogen-bond donors (Lipinski definition) is 1. The lowest BCUT2D eigenvalue weighted by Crippen LogP contribution is -2.37. The lowest BCUT2D eigenvalue weighted by atomic mass is 9.58. The number of fused-ring (bicyclic) bond motifs is 16. The SMILES string of the molecule is CC(C)(C)c1ccc(Nc2cc3c(cc2-c2c4c5c(c6cc7c(cc6n5-c5cc6c(cc5B4)oc4ccccc46)C(C)(C)CCC7(C)C)c4c2sc2ccccc24)-c2ccccc2C3(C)C)cc1. The van der Waals surface area contributed by atoms with Crippen LogP contribution in [0.15, 0.2) is 138 Å². The van der Waals surface area contributed by atoms with E-state index in [9.17, 15) is 0 Å². The molecule has 0 atom stereocenters. The molecule has 0 fully saturated rings. The average Bonchev–Trinajstić information content (AvgIpc) is 4.04. The molecule has 8 aromatic carbocycles. The molecule has 1 aliphatic heterocycles. The van der Waals surface area contributed by atoms with Crippen molar-refractivity contribution in [3.63, 3.8) is 0 Å². The second-order valence-corrected chi connectivity index (χ2v) is 24.3. The average molecular weight is 899 g/mol. The third-order valence-electron chi connectivity index (χ3n) is 16.8. The summed E-state index contributed by atoms with van der Waals surface area (Å²) in [6.07, 6.45) is 2.34. The van der Waals surface area contributed by atoms with E-state index in [1.54, 1.807) is 0 Å². The highest BCUT2D eigenvalue weighted by Crippen LogP contribution is 2.56. The van der Waals surface area contributed by atoms with Crippen LogP contribution in [-0.4, -0.2) is 11.8 Å². The zero-order valence-corrected chi connectivity index (χ0v) is 41.4. The molecule has 2 aliphatic carbocycles. The number of rotatable bonds is 3. The predicted octanol–water partition coefficient (Wildman–Crippen LogP) is 16.1. The molecule has 14 rings (SSSR count). The molecule has 3 nitrogen and oxygen atoms in total. The summed E-state index contributed by atoms with van der Waals surface area (Å²) < 4.78 is 12.1. The summed E-state index contributed by atoms with van der Waals surface area (Å²) in [4.78, 5) is 0. The van der Waals surface area contributed by atoms with E-state index in [1.807, 2.05) is 11.3 Å². The molecule has 0 spiro atoms. The summed E-state index contributed by atoms with van der Waals surface area (Å²) in [5.74, 6) is 0. The molecule has 0 saturated heterocycles. The molecule has 0 bridgehead atoms. The third kappa shape index (κ3) is 5.43. The van der Waals surface area contributed by atoms with Gasteiger partial charge in [-0.05, 0) is 140 Å². The van der Waals surface area contributed by atoms with Gasteiger partial charge >= 0.3 is 0 Å². The fourth-order valence-corrected chi connectivity index (χ4v) is 14.2. The first-order valence-electron chi connectivity index (χ1n) is 24.7. The van der Waals surface area contributed by atoms with Crippen molar-refractivity contribution in [3.05, 3.63) is 161 Å². The van der Waals surface area contributed by atoms with Gasteiger partial charge in [-0.1, -0.05) is 141 Å². The van der Waals surface area contributed by atoms with Crippen LogP contribution in [-0.2, 0) is 21.7 Å². The highest BCUT2D eigenvalue weighted by atomic mass is 32.1. The van der Waals surface area contributed by atoms with Crippen molar-refractivity contribution in [2.45, 2.75) is 96.8 Å². The molecular formula is C63H55BN2OS. The van der Waals surface area contributed by atoms with Gasteiger partial charge in [-0.3, -0.25) is 0 Å². The van der Waals surface area contributed by atoms with Gasteiger partial charge in [0.1, 0.15) is 11.2 Å². The minimum absolute atomic E-state index is 0.0521. The van der Waals surface area contributed by atoms with E-state index < -0.39 is 0 Å². The number of para-hydroxylation sites is 1. The van der Waals surface area contributed by atoms with E-state index in [4.69, 9.17) is 4.42 Å². The van der Waals surface area contributed by atoms with E-state index in [0.717, 1.165) is 35.2 Å². The lowest BCUT2D eigenvalue weighted by molar-refractivity contribution is 0.332. The fourth-order valence-electron chi connectivity index (χ4n) is 12.9. The van der Waals surface area contributed by atoms with Crippen LogP contribution in [0.2, 0.25) is 0 Å². The van der Waals surface area contributed by atoms with Gasteiger partial charge in [0, 0.05) is 75.3 Å². The molecule has 332 valence electrons. The van der Waals surface area contributed by atoms with Gasteiger partial charge in [0.15, 0.2) is 7.28 Å². The Kier molecular flexibility index (Phi) is 7.96. The predicted molar refractivity (Wildman–Crippen MR) is 294 cm³/mol. The maximum atomic E-state index is 6.70. The quantitative estimate of drug-likeness (QED) is 0.179. The number of thiophene rings is 1. The molecule has 0 radical (unpaired) electrons. The van der Waals surface area contributed by atoms with Gasteiger partial charge < -0.3 is 14.3 Å². The Morgan fingerprint density at radius 2 is 1.31 bits per heavy atom. The van der Waals surface area contributed by atoms with Gasteiger partial charge in [0.25, 0.3) is 0 Å². The molecule has 0 amide bonds. The number of hydrogen-bond acceptors (Lipinski definition) is 3. The Morgan fingerprint density at radius 3 is 2.09 bits per heavy atom. The lowest BCUT2D eigenvalue weighted by Gasteiger charge is -2.42. The van der Waals surface area contributed by atoms with Crippen molar-refractivity contribution >= 4 is 105 Å². The second-order valence-electron chi connectivity index (χ2n) is 23.2. The molecule has 3 aliphatic rings. The zero-order valence-electron chi connectivity index (χ0n) is 40.6. The molecule has 1 N–H and O–H groups in total. The maximum absolute atomic E-state index is 6.70. The van der Waals surface area contributed by atoms with Crippen LogP contribution >= 0.6 is 11.3 Å². The van der Waals surface area contributed by atoms with Gasteiger partial charge in [0.05, 0.1) is 5.52 Å². The van der Waals surface area contributed by atoms with Crippen LogP contribution in [0.25, 0.3) is 91.9 Å². The number of anilines is 2. The minimum Gasteiger partial charge on any atom is -0.456 e. The first kappa shape index (κ1) is 40.5. The van der Waals surface area contributed by atoms with Gasteiger partial charge in [-0.25, -0.2) is 0 Å². The summed E-state index contributed by atoms with van der Waals surface area (Å²) in [5, 5.41) is 11.9. The summed E-state index contributed by atoms with van der Waals surface area (Å²) in [7, 11) is 0.782. The first-order chi connectivity index (χ1) is 32.6. The number of benzene rings is 8. The van der Waals surface area contributed by atoms with E-state index in [2.05, 4.69) is 206 Å². The Hall–Kier alpha value is -6.56. The first-order valence-corrected chi connectivity index (χ1v) is 25.5. The van der Waals surface area contributed by atoms with Crippen LogP contribution in [0.3, 0.4) is 0 Å². The third-order valence-corrected chi connectivity index (χ3v) is 18.0. The number of nitrogens with one attached hydrogen (secondary N) is 1. The van der Waals surface area contributed by atoms with Crippen molar-refractivity contribution in [2.75, 3.05) is 5.32 Å². The Labute approximate surface area is 403 Å². The normalized spacial score (nSPS) is 16.4. The van der Waals surface area contributed by atoms with E-state index in [0.29, 0.717) is 0 Å². The summed E-state index contributed by atoms with van der Waals surface area (Å²) in [6.45, 7) is 21.5. The number of nitrogens with zero attached hydrogens (tertiary/aromatic N) is 1. The standard InChI is InChI=1S/C63H55BN2OS/c1-60(2,3)34-22-24-35(25-23-34)65-48-31-44-39(36-16-10-13-19-43(36)63(44,8)9)28-41(48)56-57-58-54(55-38-18-12-15-21-53(38)68-59(55)56)42-29-45-46(62(6,7)27-26-61(45,4)5)32-49(42)66(58)50-30-40-37-17-11-14-20-51(37)67-52(40)33-47(50)64-57/h10-25,28-33,64-65H,26-27H2,1-9H3. The number of furan rings is 1. The van der Waals surface area contributed by atoms with Crippen molar-refractivity contribution < 1.29 is 4.42 Å². The molecule has 68 heavy (non-hydrogen) atoms. The summed E-state index contributed by atoms with van der Waals surface area (Å²) in [5.41, 5.74) is 23.0. The summed E-state index contributed by atoms with van der Waals surface area (Å²) >= 11 is 1.97. The minimum atomic E-state index is -0.161. The largest absolute Gasteiger partial charge is 0.456 e. The number of aromatic nitrogens is 1. The van der Waals surface area contributed by atoms with Crippen LogP contribution < -0.4 is 16.2 Å². The van der Waals surface area contributed by atoms with Crippen LogP contribution in [0, 0.1) is 0 Å².